The van der Waals surface area contributed by atoms with E-state index in [-0.39, 0.29) is 11.4 Å². The predicted molar refractivity (Wildman–Crippen MR) is 110 cm³/mol. The molecule has 0 amide bonds. The maximum Gasteiger partial charge on any atom is 0.336 e. The fourth-order valence-electron chi connectivity index (χ4n) is 2.57. The number of carbonyl (C=O) groups excluding carboxylic acids is 1. The Hall–Kier alpha value is -3.35. The van der Waals surface area contributed by atoms with Gasteiger partial charge in [0.15, 0.2) is 11.5 Å². The van der Waals surface area contributed by atoms with Crippen molar-refractivity contribution in [2.75, 3.05) is 13.7 Å². The monoisotopic (exact) mass is 399 g/mol. The number of hydrogen-bond acceptors (Lipinski definition) is 6. The van der Waals surface area contributed by atoms with Crippen LogP contribution in [0.5, 0.6) is 17.2 Å². The summed E-state index contributed by atoms with van der Waals surface area (Å²) in [4.78, 5) is 22.1. The number of carbonyl (C=O) groups is 1. The molecule has 0 unspecified atom stereocenters. The Morgan fingerprint density at radius 2 is 1.83 bits per heavy atom. The van der Waals surface area contributed by atoms with E-state index in [4.69, 9.17) is 14.2 Å². The Bertz CT molecular complexity index is 845. The van der Waals surface area contributed by atoms with E-state index in [9.17, 15) is 14.9 Å². The summed E-state index contributed by atoms with van der Waals surface area (Å²) in [5.41, 5.74) is 0.681. The number of nitrogens with zero attached hydrogens (tertiary/aromatic N) is 1. The summed E-state index contributed by atoms with van der Waals surface area (Å²) in [6.07, 6.45) is 7.38. The van der Waals surface area contributed by atoms with Crippen LogP contribution in [-0.2, 0) is 4.79 Å². The van der Waals surface area contributed by atoms with Crippen molar-refractivity contribution < 1.29 is 23.9 Å². The summed E-state index contributed by atoms with van der Waals surface area (Å²) in [6.45, 7) is 2.80. The fraction of sp³-hybridized carbons (Fsp3) is 0.318. The minimum atomic E-state index is -0.589. The van der Waals surface area contributed by atoms with Crippen LogP contribution in [0.15, 0.2) is 48.5 Å². The van der Waals surface area contributed by atoms with E-state index in [1.165, 1.54) is 43.2 Å². The maximum absolute atomic E-state index is 12.0. The van der Waals surface area contributed by atoms with E-state index < -0.39 is 10.9 Å². The third-order valence-electron chi connectivity index (χ3n) is 4.12. The first-order valence-electron chi connectivity index (χ1n) is 9.48. The van der Waals surface area contributed by atoms with E-state index in [0.29, 0.717) is 18.1 Å². The summed E-state index contributed by atoms with van der Waals surface area (Å²) in [5.74, 6) is 0.893. The third kappa shape index (κ3) is 7.29. The quantitative estimate of drug-likeness (QED) is 0.129. The average molecular weight is 399 g/mol. The van der Waals surface area contributed by atoms with Gasteiger partial charge in [-0.1, -0.05) is 32.3 Å². The zero-order chi connectivity index (χ0) is 21.1. The number of nitro benzene ring substituents is 1. The van der Waals surface area contributed by atoms with Crippen molar-refractivity contribution in [3.63, 3.8) is 0 Å². The summed E-state index contributed by atoms with van der Waals surface area (Å²) < 4.78 is 16.3. The van der Waals surface area contributed by atoms with Crippen molar-refractivity contribution in [2.45, 2.75) is 32.6 Å². The molecule has 2 rings (SSSR count). The summed E-state index contributed by atoms with van der Waals surface area (Å²) in [7, 11) is 1.57. The summed E-state index contributed by atoms with van der Waals surface area (Å²) >= 11 is 0. The van der Waals surface area contributed by atoms with Gasteiger partial charge in [0, 0.05) is 18.2 Å². The van der Waals surface area contributed by atoms with Crippen LogP contribution in [0.1, 0.15) is 38.2 Å². The third-order valence-corrected chi connectivity index (χ3v) is 4.12. The normalized spacial score (nSPS) is 10.7. The molecule has 7 nitrogen and oxygen atoms in total. The van der Waals surface area contributed by atoms with E-state index in [1.807, 2.05) is 6.07 Å². The topological polar surface area (TPSA) is 87.9 Å². The van der Waals surface area contributed by atoms with E-state index >= 15 is 0 Å². The minimum absolute atomic E-state index is 0.0693. The molecule has 0 saturated carbocycles. The zero-order valence-corrected chi connectivity index (χ0v) is 16.6. The Morgan fingerprint density at radius 1 is 1.07 bits per heavy atom. The van der Waals surface area contributed by atoms with Crippen molar-refractivity contribution >= 4 is 17.7 Å². The highest BCUT2D eigenvalue weighted by atomic mass is 16.6. The number of hydrogen-bond donors (Lipinski definition) is 0. The molecule has 0 aliphatic carbocycles. The predicted octanol–water partition coefficient (Wildman–Crippen LogP) is 5.18. The Labute approximate surface area is 170 Å². The first kappa shape index (κ1) is 21.9. The number of ether oxygens (including phenoxy) is 3. The molecule has 0 aliphatic heterocycles. The second kappa shape index (κ2) is 11.5. The lowest BCUT2D eigenvalue weighted by Crippen LogP contribution is -2.03. The smallest absolute Gasteiger partial charge is 0.336 e. The second-order valence-corrected chi connectivity index (χ2v) is 6.32. The molecular formula is C22H25NO6. The molecule has 0 bridgehead atoms. The molecule has 0 aliphatic rings. The van der Waals surface area contributed by atoms with Gasteiger partial charge < -0.3 is 14.2 Å². The number of nitro groups is 1. The highest BCUT2D eigenvalue weighted by Gasteiger charge is 2.08. The molecule has 0 atom stereocenters. The number of methoxy groups -OCH3 is 1. The van der Waals surface area contributed by atoms with E-state index in [0.717, 1.165) is 18.4 Å². The first-order valence-corrected chi connectivity index (χ1v) is 9.48. The SMILES string of the molecule is CCCCCCOc1ccc(/C=C/C(=O)Oc2ccc([N+](=O)[O-])cc2)cc1OC. The minimum Gasteiger partial charge on any atom is -0.493 e. The van der Waals surface area contributed by atoms with Crippen molar-refractivity contribution in [1.29, 1.82) is 0 Å². The van der Waals surface area contributed by atoms with Crippen LogP contribution in [0.3, 0.4) is 0 Å². The van der Waals surface area contributed by atoms with Gasteiger partial charge in [-0.05, 0) is 42.3 Å². The molecule has 7 heteroatoms. The second-order valence-electron chi connectivity index (χ2n) is 6.32. The number of benzene rings is 2. The van der Waals surface area contributed by atoms with Gasteiger partial charge in [-0.25, -0.2) is 4.79 Å². The van der Waals surface area contributed by atoms with Crippen molar-refractivity contribution in [2.24, 2.45) is 0 Å². The van der Waals surface area contributed by atoms with Crippen LogP contribution in [-0.4, -0.2) is 24.6 Å². The lowest BCUT2D eigenvalue weighted by molar-refractivity contribution is -0.384. The lowest BCUT2D eigenvalue weighted by atomic mass is 10.2. The standard InChI is InChI=1S/C22H25NO6/c1-3-4-5-6-15-28-20-13-7-17(16-21(20)27-2)8-14-22(24)29-19-11-9-18(10-12-19)23(25)26/h7-14,16H,3-6,15H2,1-2H3/b14-8+. The number of esters is 1. The van der Waals surface area contributed by atoms with E-state index in [1.54, 1.807) is 25.3 Å². The van der Waals surface area contributed by atoms with Crippen LogP contribution in [0.4, 0.5) is 5.69 Å². The molecular weight excluding hydrogens is 374 g/mol. The maximum atomic E-state index is 12.0. The van der Waals surface area contributed by atoms with Crippen LogP contribution in [0.2, 0.25) is 0 Å². The van der Waals surface area contributed by atoms with Crippen molar-refractivity contribution in [3.05, 3.63) is 64.2 Å². The highest BCUT2D eigenvalue weighted by molar-refractivity contribution is 5.88. The van der Waals surface area contributed by atoms with Gasteiger partial charge >= 0.3 is 5.97 Å². The summed E-state index contributed by atoms with van der Waals surface area (Å²) in [6, 6.07) is 10.7. The molecule has 154 valence electrons. The van der Waals surface area contributed by atoms with Crippen molar-refractivity contribution in [1.82, 2.24) is 0 Å². The van der Waals surface area contributed by atoms with Crippen LogP contribution < -0.4 is 14.2 Å². The van der Waals surface area contributed by atoms with E-state index in [2.05, 4.69) is 6.92 Å². The van der Waals surface area contributed by atoms with Crippen LogP contribution in [0.25, 0.3) is 6.08 Å². The van der Waals surface area contributed by atoms with Gasteiger partial charge in [-0.2, -0.15) is 0 Å². The zero-order valence-electron chi connectivity index (χ0n) is 16.6. The molecule has 0 spiro atoms. The Morgan fingerprint density at radius 3 is 2.48 bits per heavy atom. The Balaban J connectivity index is 1.93. The first-order chi connectivity index (χ1) is 14.0. The molecule has 0 heterocycles. The molecule has 2 aromatic carbocycles. The van der Waals surface area contributed by atoms with Crippen LogP contribution >= 0.6 is 0 Å². The molecule has 29 heavy (non-hydrogen) atoms. The van der Waals surface area contributed by atoms with Gasteiger partial charge in [0.2, 0.25) is 0 Å². The van der Waals surface area contributed by atoms with Crippen molar-refractivity contribution in [3.8, 4) is 17.2 Å². The molecule has 0 N–H and O–H groups in total. The van der Waals surface area contributed by atoms with Gasteiger partial charge in [0.25, 0.3) is 5.69 Å². The highest BCUT2D eigenvalue weighted by Crippen LogP contribution is 2.29. The molecule has 0 fully saturated rings. The van der Waals surface area contributed by atoms with Gasteiger partial charge in [-0.15, -0.1) is 0 Å². The van der Waals surface area contributed by atoms with Gasteiger partial charge in [-0.3, -0.25) is 10.1 Å². The molecule has 0 saturated heterocycles. The largest absolute Gasteiger partial charge is 0.493 e. The van der Waals surface area contributed by atoms with Gasteiger partial charge in [0.1, 0.15) is 5.75 Å². The number of unbranched alkanes of at least 4 members (excludes halogenated alkanes) is 3. The van der Waals surface area contributed by atoms with Crippen LogP contribution in [0, 0.1) is 10.1 Å². The molecule has 0 radical (unpaired) electrons. The lowest BCUT2D eigenvalue weighted by Gasteiger charge is -2.11. The number of non-ortho nitro benzene ring substituents is 1. The molecule has 2 aromatic rings. The van der Waals surface area contributed by atoms with Gasteiger partial charge in [0.05, 0.1) is 18.6 Å². The molecule has 0 aromatic heterocycles. The Kier molecular flexibility index (Phi) is 8.69. The fourth-order valence-corrected chi connectivity index (χ4v) is 2.57. The number of rotatable bonds is 11. The average Bonchev–Trinajstić information content (AvgIpc) is 2.73. The summed E-state index contributed by atoms with van der Waals surface area (Å²) in [5, 5.41) is 10.6.